The SMILES string of the molecule is C=CC(/C=C/CCCCC)CCCCCCC. The molecule has 0 aliphatic rings. The minimum Gasteiger partial charge on any atom is -0.102 e. The van der Waals surface area contributed by atoms with Gasteiger partial charge in [-0.1, -0.05) is 77.0 Å². The van der Waals surface area contributed by atoms with Gasteiger partial charge in [-0.15, -0.1) is 6.58 Å². The molecule has 0 aliphatic heterocycles. The van der Waals surface area contributed by atoms with Gasteiger partial charge in [0.25, 0.3) is 0 Å². The summed E-state index contributed by atoms with van der Waals surface area (Å²) in [4.78, 5) is 0. The van der Waals surface area contributed by atoms with E-state index in [4.69, 9.17) is 0 Å². The standard InChI is InChI=1S/C17H32/c1-4-7-9-11-13-15-17(6-3)16-14-12-10-8-5-2/h6,13,15,17H,3-5,7-12,14,16H2,1-2H3/b15-13+. The summed E-state index contributed by atoms with van der Waals surface area (Å²) in [6, 6.07) is 0. The first-order chi connectivity index (χ1) is 8.35. The monoisotopic (exact) mass is 236 g/mol. The largest absolute Gasteiger partial charge is 0.102 e. The van der Waals surface area contributed by atoms with Crippen LogP contribution in [0.2, 0.25) is 0 Å². The molecule has 0 aromatic carbocycles. The normalized spacial score (nSPS) is 13.1. The van der Waals surface area contributed by atoms with Gasteiger partial charge in [-0.3, -0.25) is 0 Å². The van der Waals surface area contributed by atoms with Gasteiger partial charge in [-0.25, -0.2) is 0 Å². The van der Waals surface area contributed by atoms with E-state index in [0.29, 0.717) is 5.92 Å². The zero-order valence-corrected chi connectivity index (χ0v) is 12.1. The van der Waals surface area contributed by atoms with Crippen LogP contribution in [0, 0.1) is 5.92 Å². The first kappa shape index (κ1) is 16.5. The molecule has 0 N–H and O–H groups in total. The molecule has 0 bridgehead atoms. The molecule has 0 heterocycles. The van der Waals surface area contributed by atoms with Crippen molar-refractivity contribution < 1.29 is 0 Å². The lowest BCUT2D eigenvalue weighted by atomic mass is 9.99. The Kier molecular flexibility index (Phi) is 13.1. The van der Waals surface area contributed by atoms with Crippen molar-refractivity contribution in [2.45, 2.75) is 78.1 Å². The van der Waals surface area contributed by atoms with Gasteiger partial charge in [0.2, 0.25) is 0 Å². The second-order valence-electron chi connectivity index (χ2n) is 5.03. The molecule has 0 aromatic heterocycles. The molecule has 1 unspecified atom stereocenters. The van der Waals surface area contributed by atoms with E-state index in [1.54, 1.807) is 0 Å². The van der Waals surface area contributed by atoms with E-state index in [1.807, 2.05) is 0 Å². The minimum atomic E-state index is 0.609. The maximum absolute atomic E-state index is 3.94. The summed E-state index contributed by atoms with van der Waals surface area (Å²) in [7, 11) is 0. The van der Waals surface area contributed by atoms with Gasteiger partial charge in [0.1, 0.15) is 0 Å². The number of allylic oxidation sites excluding steroid dienone is 3. The first-order valence-electron chi connectivity index (χ1n) is 7.64. The molecule has 0 aliphatic carbocycles. The van der Waals surface area contributed by atoms with Gasteiger partial charge in [0, 0.05) is 0 Å². The summed E-state index contributed by atoms with van der Waals surface area (Å²) in [5.41, 5.74) is 0. The summed E-state index contributed by atoms with van der Waals surface area (Å²) in [5.74, 6) is 0.609. The summed E-state index contributed by atoms with van der Waals surface area (Å²) in [6.07, 6.45) is 20.3. The van der Waals surface area contributed by atoms with Crippen molar-refractivity contribution in [3.63, 3.8) is 0 Å². The molecular weight excluding hydrogens is 204 g/mol. The molecule has 0 radical (unpaired) electrons. The third-order valence-corrected chi connectivity index (χ3v) is 3.30. The molecule has 0 amide bonds. The molecule has 0 fully saturated rings. The average Bonchev–Trinajstić information content (AvgIpc) is 2.36. The molecule has 1 atom stereocenters. The highest BCUT2D eigenvalue weighted by molar-refractivity contribution is 4.96. The fraction of sp³-hybridized carbons (Fsp3) is 0.765. The Morgan fingerprint density at radius 2 is 1.53 bits per heavy atom. The van der Waals surface area contributed by atoms with E-state index in [1.165, 1.54) is 64.2 Å². The number of unbranched alkanes of at least 4 members (excludes halogenated alkanes) is 7. The predicted molar refractivity (Wildman–Crippen MR) is 80.3 cm³/mol. The van der Waals surface area contributed by atoms with E-state index in [-0.39, 0.29) is 0 Å². The minimum absolute atomic E-state index is 0.609. The second kappa shape index (κ2) is 13.5. The molecular formula is C17H32. The van der Waals surface area contributed by atoms with Crippen LogP contribution < -0.4 is 0 Å². The summed E-state index contributed by atoms with van der Waals surface area (Å²) in [6.45, 7) is 8.47. The molecule has 0 heteroatoms. The Labute approximate surface area is 109 Å². The molecule has 0 spiro atoms. The summed E-state index contributed by atoms with van der Waals surface area (Å²) < 4.78 is 0. The first-order valence-corrected chi connectivity index (χ1v) is 7.64. The van der Waals surface area contributed by atoms with Crippen LogP contribution in [-0.2, 0) is 0 Å². The number of rotatable bonds is 12. The zero-order chi connectivity index (χ0) is 12.8. The molecule has 0 nitrogen and oxygen atoms in total. The van der Waals surface area contributed by atoms with Gasteiger partial charge in [-0.05, 0) is 25.2 Å². The van der Waals surface area contributed by atoms with E-state index in [2.05, 4.69) is 38.7 Å². The Hall–Kier alpha value is -0.520. The van der Waals surface area contributed by atoms with E-state index < -0.39 is 0 Å². The maximum Gasteiger partial charge on any atom is -0.00562 e. The molecule has 0 saturated heterocycles. The molecule has 0 aromatic rings. The molecule has 0 rings (SSSR count). The van der Waals surface area contributed by atoms with E-state index in [0.717, 1.165) is 0 Å². The van der Waals surface area contributed by atoms with Crippen molar-refractivity contribution in [1.29, 1.82) is 0 Å². The lowest BCUT2D eigenvalue weighted by molar-refractivity contribution is 0.574. The highest BCUT2D eigenvalue weighted by atomic mass is 14.0. The summed E-state index contributed by atoms with van der Waals surface area (Å²) >= 11 is 0. The Balaban J connectivity index is 3.51. The third-order valence-electron chi connectivity index (χ3n) is 3.30. The maximum atomic E-state index is 3.94. The molecule has 17 heavy (non-hydrogen) atoms. The topological polar surface area (TPSA) is 0 Å². The van der Waals surface area contributed by atoms with Crippen LogP contribution in [0.3, 0.4) is 0 Å². The Morgan fingerprint density at radius 1 is 0.882 bits per heavy atom. The van der Waals surface area contributed by atoms with E-state index in [9.17, 15) is 0 Å². The fourth-order valence-electron chi connectivity index (χ4n) is 2.06. The molecule has 0 saturated carbocycles. The second-order valence-corrected chi connectivity index (χ2v) is 5.03. The third kappa shape index (κ3) is 11.7. The van der Waals surface area contributed by atoms with Gasteiger partial charge < -0.3 is 0 Å². The summed E-state index contributed by atoms with van der Waals surface area (Å²) in [5, 5.41) is 0. The number of hydrogen-bond donors (Lipinski definition) is 0. The van der Waals surface area contributed by atoms with Gasteiger partial charge in [0.15, 0.2) is 0 Å². The van der Waals surface area contributed by atoms with Crippen LogP contribution >= 0.6 is 0 Å². The number of hydrogen-bond acceptors (Lipinski definition) is 0. The van der Waals surface area contributed by atoms with Crippen LogP contribution in [-0.4, -0.2) is 0 Å². The quantitative estimate of drug-likeness (QED) is 0.276. The van der Waals surface area contributed by atoms with Crippen molar-refractivity contribution >= 4 is 0 Å². The highest BCUT2D eigenvalue weighted by Gasteiger charge is 1.98. The Bertz CT molecular complexity index is 178. The zero-order valence-electron chi connectivity index (χ0n) is 12.1. The van der Waals surface area contributed by atoms with Crippen LogP contribution in [0.5, 0.6) is 0 Å². The van der Waals surface area contributed by atoms with Gasteiger partial charge in [-0.2, -0.15) is 0 Å². The van der Waals surface area contributed by atoms with Crippen molar-refractivity contribution in [2.24, 2.45) is 5.92 Å². The van der Waals surface area contributed by atoms with Crippen molar-refractivity contribution in [2.75, 3.05) is 0 Å². The average molecular weight is 236 g/mol. The van der Waals surface area contributed by atoms with Crippen molar-refractivity contribution in [1.82, 2.24) is 0 Å². The van der Waals surface area contributed by atoms with Crippen molar-refractivity contribution in [3.05, 3.63) is 24.8 Å². The highest BCUT2D eigenvalue weighted by Crippen LogP contribution is 2.14. The van der Waals surface area contributed by atoms with Crippen LogP contribution in [0.15, 0.2) is 24.8 Å². The molecule has 100 valence electrons. The van der Waals surface area contributed by atoms with Crippen molar-refractivity contribution in [3.8, 4) is 0 Å². The van der Waals surface area contributed by atoms with E-state index >= 15 is 0 Å². The van der Waals surface area contributed by atoms with Crippen LogP contribution in [0.25, 0.3) is 0 Å². The Morgan fingerprint density at radius 3 is 2.18 bits per heavy atom. The smallest absolute Gasteiger partial charge is 0.00562 e. The van der Waals surface area contributed by atoms with Crippen LogP contribution in [0.4, 0.5) is 0 Å². The fourth-order valence-corrected chi connectivity index (χ4v) is 2.06. The van der Waals surface area contributed by atoms with Gasteiger partial charge >= 0.3 is 0 Å². The lowest BCUT2D eigenvalue weighted by Gasteiger charge is -2.07. The van der Waals surface area contributed by atoms with Gasteiger partial charge in [0.05, 0.1) is 0 Å². The lowest BCUT2D eigenvalue weighted by Crippen LogP contribution is -1.91. The van der Waals surface area contributed by atoms with Crippen LogP contribution in [0.1, 0.15) is 78.1 Å². The predicted octanol–water partition coefficient (Wildman–Crippen LogP) is 6.29.